The lowest BCUT2D eigenvalue weighted by Gasteiger charge is -2.14. The molecule has 0 saturated carbocycles. The zero-order valence-corrected chi connectivity index (χ0v) is 8.83. The highest BCUT2D eigenvalue weighted by atomic mass is 15.0. The fourth-order valence-electron chi connectivity index (χ4n) is 2.00. The summed E-state index contributed by atoms with van der Waals surface area (Å²) in [6.45, 7) is 9.12. The van der Waals surface area contributed by atoms with Gasteiger partial charge in [-0.25, -0.2) is 4.58 Å². The van der Waals surface area contributed by atoms with Crippen molar-refractivity contribution in [2.45, 2.75) is 27.7 Å². The summed E-state index contributed by atoms with van der Waals surface area (Å²) < 4.78 is 2.27. The Morgan fingerprint density at radius 1 is 1.25 bits per heavy atom. The molecule has 1 unspecified atom stereocenters. The molecule has 0 radical (unpaired) electrons. The van der Waals surface area contributed by atoms with Gasteiger partial charge in [-0.3, -0.25) is 0 Å². The van der Waals surface area contributed by atoms with E-state index in [-0.39, 0.29) is 0 Å². The van der Waals surface area contributed by atoms with Crippen LogP contribution in [0.4, 0.5) is 0 Å². The number of rotatable bonds is 2. The summed E-state index contributed by atoms with van der Waals surface area (Å²) in [7, 11) is 2.15. The van der Waals surface area contributed by atoms with Gasteiger partial charge >= 0.3 is 0 Å². The van der Waals surface area contributed by atoms with Gasteiger partial charge in [-0.15, -0.1) is 0 Å². The SMILES string of the molecule is CC(C)C1=[N+](C)C=CC1C(C)C. The summed E-state index contributed by atoms with van der Waals surface area (Å²) in [5.41, 5.74) is 1.56. The monoisotopic (exact) mass is 166 g/mol. The second kappa shape index (κ2) is 3.42. The van der Waals surface area contributed by atoms with Gasteiger partial charge in [0.05, 0.1) is 5.92 Å². The van der Waals surface area contributed by atoms with E-state index in [2.05, 4.69) is 51.6 Å². The minimum Gasteiger partial charge on any atom is -0.208 e. The molecule has 0 amide bonds. The van der Waals surface area contributed by atoms with Crippen molar-refractivity contribution >= 4 is 5.71 Å². The van der Waals surface area contributed by atoms with E-state index in [0.717, 1.165) is 5.92 Å². The van der Waals surface area contributed by atoms with Crippen molar-refractivity contribution < 1.29 is 4.58 Å². The summed E-state index contributed by atoms with van der Waals surface area (Å²) in [5.74, 6) is 2.05. The lowest BCUT2D eigenvalue weighted by molar-refractivity contribution is -0.422. The van der Waals surface area contributed by atoms with Gasteiger partial charge in [0.25, 0.3) is 0 Å². The molecule has 0 N–H and O–H groups in total. The third-order valence-corrected chi connectivity index (χ3v) is 2.58. The van der Waals surface area contributed by atoms with Crippen LogP contribution in [-0.2, 0) is 0 Å². The fourth-order valence-corrected chi connectivity index (χ4v) is 2.00. The largest absolute Gasteiger partial charge is 0.208 e. The van der Waals surface area contributed by atoms with Crippen LogP contribution in [0.3, 0.4) is 0 Å². The molecule has 1 atom stereocenters. The molecule has 0 aromatic carbocycles. The molecule has 0 aromatic heterocycles. The predicted molar refractivity (Wildman–Crippen MR) is 53.5 cm³/mol. The number of allylic oxidation sites excluding steroid dienone is 1. The molecule has 0 bridgehead atoms. The number of hydrogen-bond donors (Lipinski definition) is 0. The lowest BCUT2D eigenvalue weighted by atomic mass is 9.87. The summed E-state index contributed by atoms with van der Waals surface area (Å²) in [6.07, 6.45) is 4.51. The quantitative estimate of drug-likeness (QED) is 0.555. The topological polar surface area (TPSA) is 3.01 Å². The van der Waals surface area contributed by atoms with Gasteiger partial charge < -0.3 is 0 Å². The molecular formula is C11H20N+. The first-order valence-electron chi connectivity index (χ1n) is 4.82. The van der Waals surface area contributed by atoms with Crippen LogP contribution in [0.2, 0.25) is 0 Å². The number of hydrogen-bond acceptors (Lipinski definition) is 0. The summed E-state index contributed by atoms with van der Waals surface area (Å²) in [4.78, 5) is 0. The molecule has 0 aliphatic carbocycles. The molecule has 1 heteroatoms. The highest BCUT2D eigenvalue weighted by molar-refractivity contribution is 5.87. The molecule has 1 aliphatic rings. The molecule has 0 spiro atoms. The first-order chi connectivity index (χ1) is 5.54. The standard InChI is InChI=1S/C11H20N/c1-8(2)10-6-7-12(5)11(10)9(3)4/h6-10H,1-5H3/q+1. The zero-order valence-electron chi connectivity index (χ0n) is 8.83. The van der Waals surface area contributed by atoms with Crippen molar-refractivity contribution in [3.8, 4) is 0 Å². The molecule has 12 heavy (non-hydrogen) atoms. The van der Waals surface area contributed by atoms with E-state index >= 15 is 0 Å². The van der Waals surface area contributed by atoms with Crippen LogP contribution in [-0.4, -0.2) is 17.3 Å². The van der Waals surface area contributed by atoms with Gasteiger partial charge in [-0.05, 0) is 12.0 Å². The van der Waals surface area contributed by atoms with Crippen LogP contribution < -0.4 is 0 Å². The Bertz CT molecular complexity index is 221. The van der Waals surface area contributed by atoms with Crippen molar-refractivity contribution in [1.82, 2.24) is 0 Å². The van der Waals surface area contributed by atoms with Crippen molar-refractivity contribution in [3.05, 3.63) is 12.3 Å². The maximum atomic E-state index is 2.32. The Balaban J connectivity index is 2.88. The second-order valence-electron chi connectivity index (χ2n) is 4.30. The van der Waals surface area contributed by atoms with Crippen molar-refractivity contribution in [2.75, 3.05) is 7.05 Å². The van der Waals surface area contributed by atoms with E-state index in [1.54, 1.807) is 5.71 Å². The van der Waals surface area contributed by atoms with E-state index in [1.807, 2.05) is 0 Å². The minimum atomic E-state index is 0.662. The molecule has 1 aliphatic heterocycles. The predicted octanol–water partition coefficient (Wildman–Crippen LogP) is 2.53. The van der Waals surface area contributed by atoms with E-state index in [9.17, 15) is 0 Å². The Labute approximate surface area is 75.8 Å². The van der Waals surface area contributed by atoms with Crippen LogP contribution >= 0.6 is 0 Å². The van der Waals surface area contributed by atoms with Gasteiger partial charge in [-0.1, -0.05) is 27.7 Å². The lowest BCUT2D eigenvalue weighted by Crippen LogP contribution is -2.25. The zero-order chi connectivity index (χ0) is 9.30. The Morgan fingerprint density at radius 2 is 1.83 bits per heavy atom. The van der Waals surface area contributed by atoms with E-state index in [4.69, 9.17) is 0 Å². The van der Waals surface area contributed by atoms with Crippen molar-refractivity contribution in [2.24, 2.45) is 17.8 Å². The normalized spacial score (nSPS) is 23.4. The third-order valence-electron chi connectivity index (χ3n) is 2.58. The van der Waals surface area contributed by atoms with Crippen molar-refractivity contribution in [3.63, 3.8) is 0 Å². The molecule has 0 saturated heterocycles. The third kappa shape index (κ3) is 1.60. The summed E-state index contributed by atoms with van der Waals surface area (Å²) >= 11 is 0. The van der Waals surface area contributed by atoms with E-state index < -0.39 is 0 Å². The van der Waals surface area contributed by atoms with Gasteiger partial charge in [0.2, 0.25) is 0 Å². The Hall–Kier alpha value is -0.590. The average molecular weight is 166 g/mol. The van der Waals surface area contributed by atoms with E-state index in [1.165, 1.54) is 0 Å². The van der Waals surface area contributed by atoms with Crippen LogP contribution in [0.1, 0.15) is 27.7 Å². The van der Waals surface area contributed by atoms with Gasteiger partial charge in [-0.2, -0.15) is 0 Å². The van der Waals surface area contributed by atoms with Crippen LogP contribution in [0, 0.1) is 17.8 Å². The first kappa shape index (κ1) is 9.50. The Morgan fingerprint density at radius 3 is 2.17 bits per heavy atom. The molecule has 68 valence electrons. The molecule has 0 aromatic rings. The van der Waals surface area contributed by atoms with Crippen LogP contribution in [0.5, 0.6) is 0 Å². The summed E-state index contributed by atoms with van der Waals surface area (Å²) in [6, 6.07) is 0. The smallest absolute Gasteiger partial charge is 0.167 e. The second-order valence-corrected chi connectivity index (χ2v) is 4.30. The molecule has 1 rings (SSSR count). The van der Waals surface area contributed by atoms with Gasteiger partial charge in [0, 0.05) is 5.92 Å². The fraction of sp³-hybridized carbons (Fsp3) is 0.727. The highest BCUT2D eigenvalue weighted by Gasteiger charge is 2.30. The first-order valence-corrected chi connectivity index (χ1v) is 4.82. The highest BCUT2D eigenvalue weighted by Crippen LogP contribution is 2.22. The molecule has 1 nitrogen and oxygen atoms in total. The maximum Gasteiger partial charge on any atom is 0.167 e. The summed E-state index contributed by atoms with van der Waals surface area (Å²) in [5, 5.41) is 0. The molecule has 1 heterocycles. The minimum absolute atomic E-state index is 0.662. The molecule has 0 fully saturated rings. The van der Waals surface area contributed by atoms with Gasteiger partial charge in [0.15, 0.2) is 11.9 Å². The Kier molecular flexibility index (Phi) is 2.71. The van der Waals surface area contributed by atoms with E-state index in [0.29, 0.717) is 11.8 Å². The van der Waals surface area contributed by atoms with Crippen LogP contribution in [0.15, 0.2) is 12.3 Å². The maximum absolute atomic E-state index is 2.32. The van der Waals surface area contributed by atoms with Crippen LogP contribution in [0.25, 0.3) is 0 Å². The molecular weight excluding hydrogens is 146 g/mol. The van der Waals surface area contributed by atoms with Crippen molar-refractivity contribution in [1.29, 1.82) is 0 Å². The average Bonchev–Trinajstić information content (AvgIpc) is 2.30. The van der Waals surface area contributed by atoms with Gasteiger partial charge in [0.1, 0.15) is 7.05 Å². The number of nitrogens with zero attached hydrogens (tertiary/aromatic N) is 1.